The summed E-state index contributed by atoms with van der Waals surface area (Å²) in [5.74, 6) is 2.82. The van der Waals surface area contributed by atoms with E-state index in [1.54, 1.807) is 48.8 Å². The maximum atomic E-state index is 10.0. The van der Waals surface area contributed by atoms with Crippen LogP contribution in [-0.4, -0.2) is 70.2 Å². The fourth-order valence-corrected chi connectivity index (χ4v) is 7.90. The Balaban J connectivity index is 1.01. The van der Waals surface area contributed by atoms with E-state index in [1.807, 2.05) is 24.3 Å². The number of hydrogen-bond acceptors (Lipinski definition) is 13. The molecule has 2 aliphatic heterocycles. The number of β-amino-alcohol motifs (C(OH)–C–C–N with tert-alkyl or cyclic N) is 2. The number of nitrogens with zero attached hydrogens (tertiary/aromatic N) is 6. The molecule has 2 atom stereocenters. The van der Waals surface area contributed by atoms with Crippen LogP contribution >= 0.6 is 23.2 Å². The number of pyridine rings is 2. The van der Waals surface area contributed by atoms with Crippen LogP contribution in [0.15, 0.2) is 108 Å². The zero-order valence-corrected chi connectivity index (χ0v) is 37.5. The summed E-state index contributed by atoms with van der Waals surface area (Å²) < 4.78 is 25.4. The summed E-state index contributed by atoms with van der Waals surface area (Å²) in [6.07, 6.45) is 5.08. The molecule has 0 saturated heterocycles. The Morgan fingerprint density at radius 3 is 1.61 bits per heavy atom. The van der Waals surface area contributed by atoms with Gasteiger partial charge in [0.2, 0.25) is 5.69 Å². The average Bonchev–Trinajstić information content (AvgIpc) is 3.33. The molecule has 0 spiro atoms. The summed E-state index contributed by atoms with van der Waals surface area (Å²) in [5, 5.41) is 36.5. The molecule has 2 unspecified atom stereocenters. The Bertz CT molecular complexity index is 2730. The molecule has 0 saturated carbocycles. The van der Waals surface area contributed by atoms with E-state index in [2.05, 4.69) is 67.5 Å². The van der Waals surface area contributed by atoms with Crippen molar-refractivity contribution < 1.29 is 29.2 Å². The number of ether oxygens (including phenoxy) is 4. The molecule has 8 rings (SSSR count). The third-order valence-corrected chi connectivity index (χ3v) is 11.7. The van der Waals surface area contributed by atoms with E-state index in [-0.39, 0.29) is 39.5 Å². The lowest BCUT2D eigenvalue weighted by Gasteiger charge is -2.22. The van der Waals surface area contributed by atoms with Gasteiger partial charge >= 0.3 is 0 Å². The Kier molecular flexibility index (Phi) is 14.3. The third kappa shape index (κ3) is 10.7. The predicted octanol–water partition coefficient (Wildman–Crippen LogP) is 8.23. The number of hydrogen-bond donors (Lipinski definition) is 4. The van der Waals surface area contributed by atoms with Gasteiger partial charge in [-0.25, -0.2) is 4.85 Å². The maximum absolute atomic E-state index is 10.0. The van der Waals surface area contributed by atoms with Gasteiger partial charge in [0, 0.05) is 55.6 Å². The molecule has 0 radical (unpaired) electrons. The van der Waals surface area contributed by atoms with Crippen LogP contribution in [0.5, 0.6) is 23.0 Å². The maximum Gasteiger partial charge on any atom is 0.205 e. The van der Waals surface area contributed by atoms with Crippen molar-refractivity contribution in [3.63, 3.8) is 0 Å². The van der Waals surface area contributed by atoms with Crippen LogP contribution in [0, 0.1) is 31.8 Å². The number of benzene rings is 4. The largest absolute Gasteiger partial charge is 0.488 e. The van der Waals surface area contributed by atoms with E-state index in [9.17, 15) is 15.5 Å². The summed E-state index contributed by atoms with van der Waals surface area (Å²) >= 11 is 13.7. The van der Waals surface area contributed by atoms with E-state index in [0.717, 1.165) is 38.9 Å². The van der Waals surface area contributed by atoms with Crippen molar-refractivity contribution in [3.05, 3.63) is 169 Å². The summed E-state index contributed by atoms with van der Waals surface area (Å²) in [4.78, 5) is 20.8. The van der Waals surface area contributed by atoms with Gasteiger partial charge in [-0.3, -0.25) is 20.0 Å². The highest BCUT2D eigenvalue weighted by atomic mass is 35.5. The van der Waals surface area contributed by atoms with Crippen molar-refractivity contribution in [1.82, 2.24) is 20.6 Å². The minimum Gasteiger partial charge on any atom is -0.488 e. The molecule has 4 N–H and O–H groups in total. The van der Waals surface area contributed by atoms with Crippen molar-refractivity contribution in [2.45, 2.75) is 52.5 Å². The van der Waals surface area contributed by atoms with Gasteiger partial charge in [-0.1, -0.05) is 59.6 Å². The number of nitrogens with one attached hydrogen (secondary N) is 2. The van der Waals surface area contributed by atoms with Gasteiger partial charge in [0.15, 0.2) is 0 Å². The second-order valence-corrected chi connectivity index (χ2v) is 16.5. The standard InChI is InChI=1S/C50H44Cl2N8O6/c1-29-34(27-65-47-14-45(63-25-32-10-31(16-53)17-55-18-32)41(12-43(47)51)49-57-21-37(61)22-58-49)6-4-8-39(29)40-9-5-7-35(30(40)2)28-66-48-15-46(64-26-33-11-36(54-3)20-56-19-33)42(13-44(48)52)50-59-23-38(62)24-60-50/h4-15,17-20,37-38,61-62H,21-28H2,1-2H3,(H,57,58)(H,59,60). The molecule has 0 amide bonds. The third-order valence-electron chi connectivity index (χ3n) is 11.1. The van der Waals surface area contributed by atoms with Crippen LogP contribution in [0.4, 0.5) is 5.69 Å². The number of aromatic nitrogens is 2. The second-order valence-electron chi connectivity index (χ2n) is 15.7. The lowest BCUT2D eigenvalue weighted by molar-refractivity contribution is 0.181. The monoisotopic (exact) mass is 922 g/mol. The Morgan fingerprint density at radius 2 is 1.14 bits per heavy atom. The van der Waals surface area contributed by atoms with Gasteiger partial charge in [0.1, 0.15) is 67.2 Å². The molecule has 2 aliphatic rings. The molecule has 14 nitrogen and oxygen atoms in total. The molecular weight excluding hydrogens is 880 g/mol. The van der Waals surface area contributed by atoms with E-state index >= 15 is 0 Å². The number of rotatable bonds is 15. The average molecular weight is 924 g/mol. The molecule has 0 bridgehead atoms. The zero-order chi connectivity index (χ0) is 46.2. The minimum absolute atomic E-state index is 0.130. The van der Waals surface area contributed by atoms with Gasteiger partial charge in [0.05, 0.1) is 58.6 Å². The van der Waals surface area contributed by atoms with Crippen LogP contribution in [-0.2, 0) is 26.4 Å². The van der Waals surface area contributed by atoms with Gasteiger partial charge in [-0.2, -0.15) is 5.26 Å². The van der Waals surface area contributed by atoms with Crippen LogP contribution in [0.25, 0.3) is 16.0 Å². The molecule has 0 fully saturated rings. The quantitative estimate of drug-likeness (QED) is 0.0729. The highest BCUT2D eigenvalue weighted by Crippen LogP contribution is 2.38. The van der Waals surface area contributed by atoms with Crippen molar-refractivity contribution in [1.29, 1.82) is 5.26 Å². The lowest BCUT2D eigenvalue weighted by atomic mass is 9.92. The topological polar surface area (TPSA) is 180 Å². The second kappa shape index (κ2) is 20.7. The normalized spacial score (nSPS) is 15.5. The number of aliphatic imine (C=N–C) groups is 2. The number of halogens is 2. The Hall–Kier alpha value is -7.20. The first-order chi connectivity index (χ1) is 32.1. The number of nitriles is 1. The van der Waals surface area contributed by atoms with Gasteiger partial charge < -0.3 is 39.8 Å². The van der Waals surface area contributed by atoms with E-state index in [1.165, 1.54) is 12.4 Å². The molecule has 16 heteroatoms. The predicted molar refractivity (Wildman–Crippen MR) is 252 cm³/mol. The van der Waals surface area contributed by atoms with Gasteiger partial charge in [0.25, 0.3) is 0 Å². The summed E-state index contributed by atoms with van der Waals surface area (Å²) in [6.45, 7) is 13.3. The molecule has 334 valence electrons. The number of aliphatic hydroxyl groups excluding tert-OH is 2. The van der Waals surface area contributed by atoms with Crippen molar-refractivity contribution in [3.8, 4) is 40.2 Å². The van der Waals surface area contributed by atoms with Crippen molar-refractivity contribution in [2.75, 3.05) is 26.2 Å². The number of amidine groups is 2. The molecule has 4 aromatic carbocycles. The van der Waals surface area contributed by atoms with Crippen LogP contribution < -0.4 is 29.6 Å². The fraction of sp³-hybridized carbons (Fsp3) is 0.240. The first-order valence-corrected chi connectivity index (χ1v) is 21.8. The van der Waals surface area contributed by atoms with Gasteiger partial charge in [-0.05, 0) is 77.1 Å². The molecule has 2 aromatic heterocycles. The molecule has 0 aliphatic carbocycles. The molecular formula is C50H44Cl2N8O6. The fourth-order valence-electron chi connectivity index (χ4n) is 7.46. The summed E-state index contributed by atoms with van der Waals surface area (Å²) in [7, 11) is 0. The molecule has 4 heterocycles. The van der Waals surface area contributed by atoms with Crippen molar-refractivity contribution >= 4 is 40.6 Å². The first-order valence-electron chi connectivity index (χ1n) is 21.0. The number of aliphatic hydroxyl groups is 2. The SMILES string of the molecule is [C-]#[N+]c1cncc(COc2cc(OCc3cccc(-c4cccc(COc5cc(OCc6cncc(C#N)c6)c(C6=NCC(O)CN6)cc5Cl)c4C)c3C)c(Cl)cc2C2=NCC(O)CN2)c1. The Labute approximate surface area is 392 Å². The molecule has 66 heavy (non-hydrogen) atoms. The highest BCUT2D eigenvalue weighted by molar-refractivity contribution is 6.33. The van der Waals surface area contributed by atoms with Crippen LogP contribution in [0.3, 0.4) is 0 Å². The first kappa shape index (κ1) is 45.4. The molecule has 6 aromatic rings. The van der Waals surface area contributed by atoms with Gasteiger partial charge in [-0.15, -0.1) is 0 Å². The summed E-state index contributed by atoms with van der Waals surface area (Å²) in [5.41, 5.74) is 9.49. The smallest absolute Gasteiger partial charge is 0.205 e. The van der Waals surface area contributed by atoms with Crippen LogP contribution in [0.2, 0.25) is 10.0 Å². The minimum atomic E-state index is -0.601. The lowest BCUT2D eigenvalue weighted by Crippen LogP contribution is -2.39. The Morgan fingerprint density at radius 1 is 0.652 bits per heavy atom. The van der Waals surface area contributed by atoms with Crippen LogP contribution in [0.1, 0.15) is 50.1 Å². The van der Waals surface area contributed by atoms with E-state index in [0.29, 0.717) is 85.7 Å². The van der Waals surface area contributed by atoms with E-state index < -0.39 is 12.2 Å². The zero-order valence-electron chi connectivity index (χ0n) is 36.0. The summed E-state index contributed by atoms with van der Waals surface area (Å²) in [6, 6.07) is 24.7. The van der Waals surface area contributed by atoms with Crippen molar-refractivity contribution in [2.24, 2.45) is 9.98 Å². The highest BCUT2D eigenvalue weighted by Gasteiger charge is 2.23. The van der Waals surface area contributed by atoms with E-state index in [4.69, 9.17) is 48.7 Å².